The summed E-state index contributed by atoms with van der Waals surface area (Å²) in [6.07, 6.45) is 0.825. The number of halogens is 1. The summed E-state index contributed by atoms with van der Waals surface area (Å²) in [6.45, 7) is 6.70. The van der Waals surface area contributed by atoms with Crippen molar-refractivity contribution in [2.24, 2.45) is 5.92 Å². The molecule has 0 bridgehead atoms. The summed E-state index contributed by atoms with van der Waals surface area (Å²) in [4.78, 5) is 30.7. The molecule has 0 radical (unpaired) electrons. The molecule has 1 aliphatic heterocycles. The maximum Gasteiger partial charge on any atom is 0.262 e. The van der Waals surface area contributed by atoms with E-state index in [4.69, 9.17) is 21.1 Å². The number of carbonyl (C=O) groups is 1. The van der Waals surface area contributed by atoms with Crippen molar-refractivity contribution in [2.45, 2.75) is 44.1 Å². The van der Waals surface area contributed by atoms with Crippen LogP contribution in [-0.4, -0.2) is 27.5 Å². The van der Waals surface area contributed by atoms with Crippen LogP contribution in [0.2, 0.25) is 5.02 Å². The molecule has 0 spiro atoms. The summed E-state index contributed by atoms with van der Waals surface area (Å²) in [7, 11) is 0. The van der Waals surface area contributed by atoms with Crippen LogP contribution in [0.15, 0.2) is 46.3 Å². The average molecular weight is 474 g/mol. The van der Waals surface area contributed by atoms with Gasteiger partial charge in [-0.15, -0.1) is 0 Å². The van der Waals surface area contributed by atoms with E-state index in [1.54, 1.807) is 47.9 Å². The smallest absolute Gasteiger partial charge is 0.262 e. The molecule has 2 heterocycles. The topological polar surface area (TPSA) is 82.5 Å². The second kappa shape index (κ2) is 9.42. The lowest BCUT2D eigenvalue weighted by Gasteiger charge is -2.17. The van der Waals surface area contributed by atoms with Crippen LogP contribution in [0.5, 0.6) is 11.5 Å². The van der Waals surface area contributed by atoms with Crippen molar-refractivity contribution >= 4 is 45.9 Å². The zero-order valence-corrected chi connectivity index (χ0v) is 19.6. The Morgan fingerprint density at radius 2 is 1.97 bits per heavy atom. The van der Waals surface area contributed by atoms with E-state index < -0.39 is 5.25 Å². The highest BCUT2D eigenvalue weighted by atomic mass is 35.5. The first kappa shape index (κ1) is 22.5. The maximum atomic E-state index is 13.2. The number of thioether (sulfide) groups is 1. The molecule has 0 aliphatic carbocycles. The van der Waals surface area contributed by atoms with Gasteiger partial charge in [0.2, 0.25) is 12.7 Å². The number of fused-ring (bicyclic) bond motifs is 2. The van der Waals surface area contributed by atoms with Crippen LogP contribution >= 0.6 is 23.4 Å². The Morgan fingerprint density at radius 1 is 1.19 bits per heavy atom. The molecule has 0 fully saturated rings. The van der Waals surface area contributed by atoms with Gasteiger partial charge in [0.15, 0.2) is 16.7 Å². The zero-order chi connectivity index (χ0) is 22.8. The van der Waals surface area contributed by atoms with Gasteiger partial charge in [-0.3, -0.25) is 14.2 Å². The van der Waals surface area contributed by atoms with Crippen molar-refractivity contribution in [2.75, 3.05) is 12.1 Å². The number of hydrogen-bond acceptors (Lipinski definition) is 6. The molecule has 1 aromatic heterocycles. The third-order valence-electron chi connectivity index (χ3n) is 5.10. The van der Waals surface area contributed by atoms with Crippen LogP contribution in [0, 0.1) is 5.92 Å². The lowest BCUT2D eigenvalue weighted by molar-refractivity contribution is -0.115. The summed E-state index contributed by atoms with van der Waals surface area (Å²) < 4.78 is 12.3. The Balaban J connectivity index is 1.59. The van der Waals surface area contributed by atoms with Crippen LogP contribution in [-0.2, 0) is 11.3 Å². The molecule has 1 amide bonds. The number of anilines is 1. The highest BCUT2D eigenvalue weighted by Gasteiger charge is 2.21. The summed E-state index contributed by atoms with van der Waals surface area (Å²) in [5, 5.41) is 3.92. The molecule has 1 atom stereocenters. The molecule has 1 aliphatic rings. The number of ether oxygens (including phenoxy) is 2. The average Bonchev–Trinajstić information content (AvgIpc) is 3.21. The van der Waals surface area contributed by atoms with E-state index >= 15 is 0 Å². The van der Waals surface area contributed by atoms with Gasteiger partial charge >= 0.3 is 0 Å². The van der Waals surface area contributed by atoms with Crippen molar-refractivity contribution in [3.05, 3.63) is 51.8 Å². The van der Waals surface area contributed by atoms with Crippen LogP contribution in [0.1, 0.15) is 27.2 Å². The fraction of sp³-hybridized carbons (Fsp3) is 0.348. The third-order valence-corrected chi connectivity index (χ3v) is 6.43. The van der Waals surface area contributed by atoms with Gasteiger partial charge in [-0.05, 0) is 49.6 Å². The molecule has 0 saturated heterocycles. The van der Waals surface area contributed by atoms with E-state index in [2.05, 4.69) is 24.1 Å². The number of rotatable bonds is 7. The van der Waals surface area contributed by atoms with Crippen LogP contribution in [0.3, 0.4) is 0 Å². The second-order valence-electron chi connectivity index (χ2n) is 8.01. The van der Waals surface area contributed by atoms with Gasteiger partial charge in [0.25, 0.3) is 5.56 Å². The molecule has 0 saturated carbocycles. The lowest BCUT2D eigenvalue weighted by atomic mass is 10.1. The molecule has 32 heavy (non-hydrogen) atoms. The van der Waals surface area contributed by atoms with E-state index in [1.807, 2.05) is 0 Å². The monoisotopic (exact) mass is 473 g/mol. The van der Waals surface area contributed by atoms with Crippen LogP contribution in [0.4, 0.5) is 5.69 Å². The quantitative estimate of drug-likeness (QED) is 0.386. The molecule has 168 valence electrons. The van der Waals surface area contributed by atoms with Crippen molar-refractivity contribution in [3.63, 3.8) is 0 Å². The molecular formula is C23H24ClN3O4S. The van der Waals surface area contributed by atoms with Crippen LogP contribution < -0.4 is 20.3 Å². The number of nitrogens with one attached hydrogen (secondary N) is 1. The Kier molecular flexibility index (Phi) is 6.62. The Hall–Kier alpha value is -2.71. The van der Waals surface area contributed by atoms with Crippen molar-refractivity contribution in [1.82, 2.24) is 9.55 Å². The van der Waals surface area contributed by atoms with Gasteiger partial charge < -0.3 is 14.8 Å². The summed E-state index contributed by atoms with van der Waals surface area (Å²) in [5.74, 6) is 1.47. The minimum Gasteiger partial charge on any atom is -0.454 e. The molecule has 3 aromatic rings. The highest BCUT2D eigenvalue weighted by molar-refractivity contribution is 8.00. The largest absolute Gasteiger partial charge is 0.454 e. The van der Waals surface area contributed by atoms with Gasteiger partial charge in [-0.1, -0.05) is 37.2 Å². The van der Waals surface area contributed by atoms with Gasteiger partial charge in [-0.25, -0.2) is 4.98 Å². The van der Waals surface area contributed by atoms with Gasteiger partial charge in [0.1, 0.15) is 0 Å². The molecular weight excluding hydrogens is 450 g/mol. The predicted octanol–water partition coefficient (Wildman–Crippen LogP) is 4.94. The zero-order valence-electron chi connectivity index (χ0n) is 18.1. The summed E-state index contributed by atoms with van der Waals surface area (Å²) in [5.41, 5.74) is 1.01. The minimum atomic E-state index is -0.491. The molecule has 2 aromatic carbocycles. The minimum absolute atomic E-state index is 0.127. The fourth-order valence-electron chi connectivity index (χ4n) is 3.28. The van der Waals surface area contributed by atoms with Crippen molar-refractivity contribution < 1.29 is 14.3 Å². The predicted molar refractivity (Wildman–Crippen MR) is 127 cm³/mol. The fourth-order valence-corrected chi connectivity index (χ4v) is 4.38. The van der Waals surface area contributed by atoms with Gasteiger partial charge in [0, 0.05) is 23.3 Å². The summed E-state index contributed by atoms with van der Waals surface area (Å²) in [6, 6.07) is 10.3. The standard InChI is InChI=1S/C23H24ClN3O4S/c1-13(2)8-9-27-22(29)17-6-4-15(24)10-18(17)26-23(27)32-14(3)21(28)25-16-5-7-19-20(11-16)31-12-30-19/h4-7,10-11,13-14H,8-9,12H2,1-3H3,(H,25,28). The lowest BCUT2D eigenvalue weighted by Crippen LogP contribution is -2.27. The number of benzene rings is 2. The second-order valence-corrected chi connectivity index (χ2v) is 9.76. The number of aromatic nitrogens is 2. The van der Waals surface area contributed by atoms with E-state index in [-0.39, 0.29) is 18.3 Å². The Labute approximate surface area is 195 Å². The van der Waals surface area contributed by atoms with E-state index in [9.17, 15) is 9.59 Å². The van der Waals surface area contributed by atoms with E-state index in [0.29, 0.717) is 50.7 Å². The first-order chi connectivity index (χ1) is 15.3. The SMILES string of the molecule is CC(C)CCn1c(SC(C)C(=O)Nc2ccc3c(c2)OCO3)nc2cc(Cl)ccc2c1=O. The number of amides is 1. The number of nitrogens with zero attached hydrogens (tertiary/aromatic N) is 2. The molecule has 4 rings (SSSR count). The highest BCUT2D eigenvalue weighted by Crippen LogP contribution is 2.34. The Bertz CT molecular complexity index is 1230. The third kappa shape index (κ3) is 4.86. The van der Waals surface area contributed by atoms with E-state index in [0.717, 1.165) is 6.42 Å². The first-order valence-corrected chi connectivity index (χ1v) is 11.6. The van der Waals surface area contributed by atoms with Crippen molar-refractivity contribution in [1.29, 1.82) is 0 Å². The molecule has 7 nitrogen and oxygen atoms in total. The summed E-state index contributed by atoms with van der Waals surface area (Å²) >= 11 is 7.36. The molecule has 9 heteroatoms. The number of carbonyl (C=O) groups excluding carboxylic acids is 1. The van der Waals surface area contributed by atoms with E-state index in [1.165, 1.54) is 11.8 Å². The molecule has 1 N–H and O–H groups in total. The number of hydrogen-bond donors (Lipinski definition) is 1. The normalized spacial score (nSPS) is 13.5. The van der Waals surface area contributed by atoms with Crippen LogP contribution in [0.25, 0.3) is 10.9 Å². The van der Waals surface area contributed by atoms with Crippen molar-refractivity contribution in [3.8, 4) is 11.5 Å². The molecule has 1 unspecified atom stereocenters. The first-order valence-electron chi connectivity index (χ1n) is 10.4. The van der Waals surface area contributed by atoms with Gasteiger partial charge in [-0.2, -0.15) is 0 Å². The van der Waals surface area contributed by atoms with Gasteiger partial charge in [0.05, 0.1) is 16.2 Å². The maximum absolute atomic E-state index is 13.2. The Morgan fingerprint density at radius 3 is 2.75 bits per heavy atom.